The van der Waals surface area contributed by atoms with Gasteiger partial charge in [0.15, 0.2) is 5.78 Å². The van der Waals surface area contributed by atoms with Crippen LogP contribution in [0.1, 0.15) is 55.3 Å². The highest BCUT2D eigenvalue weighted by atomic mass is 79.9. The van der Waals surface area contributed by atoms with Gasteiger partial charge < -0.3 is 0 Å². The van der Waals surface area contributed by atoms with Crippen molar-refractivity contribution in [3.05, 3.63) is 34.3 Å². The average molecular weight is 350 g/mol. The zero-order chi connectivity index (χ0) is 14.7. The van der Waals surface area contributed by atoms with Gasteiger partial charge in [0.05, 0.1) is 0 Å². The van der Waals surface area contributed by atoms with Gasteiger partial charge >= 0.3 is 0 Å². The molecule has 1 aliphatic heterocycles. The van der Waals surface area contributed by atoms with Crippen LogP contribution in [-0.4, -0.2) is 29.8 Å². The van der Waals surface area contributed by atoms with Gasteiger partial charge in [0, 0.05) is 29.0 Å². The van der Waals surface area contributed by atoms with Gasteiger partial charge in [-0.3, -0.25) is 9.69 Å². The topological polar surface area (TPSA) is 20.3 Å². The lowest BCUT2D eigenvalue weighted by molar-refractivity contribution is 0.0950. The van der Waals surface area contributed by atoms with Crippen molar-refractivity contribution in [3.63, 3.8) is 0 Å². The van der Waals surface area contributed by atoms with Gasteiger partial charge in [-0.1, -0.05) is 47.0 Å². The molecule has 0 bridgehead atoms. The summed E-state index contributed by atoms with van der Waals surface area (Å²) >= 11 is 3.48. The summed E-state index contributed by atoms with van der Waals surface area (Å²) in [4.78, 5) is 15.0. The Hall–Kier alpha value is -0.670. The zero-order valence-corrected chi connectivity index (χ0v) is 14.1. The first-order chi connectivity index (χ1) is 10.3. The van der Waals surface area contributed by atoms with Crippen molar-refractivity contribution in [2.75, 3.05) is 13.1 Å². The number of carbonyl (C=O) groups excluding carboxylic acids is 1. The van der Waals surface area contributed by atoms with Crippen molar-refractivity contribution >= 4 is 21.7 Å². The Morgan fingerprint density at radius 2 is 1.90 bits per heavy atom. The molecule has 1 heterocycles. The molecule has 0 amide bonds. The molecule has 1 saturated heterocycles. The first kappa shape index (κ1) is 15.2. The molecule has 1 unspecified atom stereocenters. The van der Waals surface area contributed by atoms with E-state index in [0.29, 0.717) is 6.42 Å². The smallest absolute Gasteiger partial charge is 0.165 e. The van der Waals surface area contributed by atoms with E-state index in [9.17, 15) is 4.79 Å². The number of nitrogens with zero attached hydrogens (tertiary/aromatic N) is 1. The summed E-state index contributed by atoms with van der Waals surface area (Å²) in [6, 6.07) is 8.52. The summed E-state index contributed by atoms with van der Waals surface area (Å²) in [5.74, 6) is 1.16. The molecule has 0 N–H and O–H groups in total. The van der Waals surface area contributed by atoms with Crippen molar-refractivity contribution in [3.8, 4) is 0 Å². The van der Waals surface area contributed by atoms with E-state index in [1.165, 1.54) is 45.1 Å². The number of likely N-dealkylation sites (tertiary alicyclic amines) is 1. The molecule has 114 valence electrons. The number of hydrogen-bond donors (Lipinski definition) is 0. The lowest BCUT2D eigenvalue weighted by atomic mass is 9.96. The number of Topliss-reactive ketones (excluding diaryl/α,β-unsaturated/α-hetero) is 1. The summed E-state index contributed by atoms with van der Waals surface area (Å²) in [7, 11) is 0. The van der Waals surface area contributed by atoms with Crippen LogP contribution in [0.25, 0.3) is 0 Å². The molecule has 21 heavy (non-hydrogen) atoms. The number of ketones is 1. The fourth-order valence-electron chi connectivity index (χ4n) is 4.07. The molecule has 0 radical (unpaired) electrons. The molecule has 1 atom stereocenters. The quantitative estimate of drug-likeness (QED) is 0.719. The van der Waals surface area contributed by atoms with Gasteiger partial charge in [-0.15, -0.1) is 0 Å². The van der Waals surface area contributed by atoms with Crippen LogP contribution < -0.4 is 0 Å². The summed E-state index contributed by atoms with van der Waals surface area (Å²) in [6.07, 6.45) is 8.92. The molecular formula is C18H24BrNO. The molecule has 1 aromatic rings. The largest absolute Gasteiger partial charge is 0.300 e. The highest BCUT2D eigenvalue weighted by Gasteiger charge is 2.33. The molecule has 1 aromatic carbocycles. The van der Waals surface area contributed by atoms with Crippen LogP contribution in [-0.2, 0) is 0 Å². The van der Waals surface area contributed by atoms with E-state index in [1.807, 2.05) is 24.3 Å². The highest BCUT2D eigenvalue weighted by molar-refractivity contribution is 9.10. The molecule has 0 aromatic heterocycles. The van der Waals surface area contributed by atoms with E-state index in [-0.39, 0.29) is 5.78 Å². The molecule has 3 rings (SSSR count). The van der Waals surface area contributed by atoms with Crippen molar-refractivity contribution in [1.82, 2.24) is 4.90 Å². The minimum Gasteiger partial charge on any atom is -0.300 e. The van der Waals surface area contributed by atoms with Crippen LogP contribution in [0.15, 0.2) is 28.7 Å². The van der Waals surface area contributed by atoms with Gasteiger partial charge in [-0.05, 0) is 44.2 Å². The van der Waals surface area contributed by atoms with E-state index < -0.39 is 0 Å². The summed E-state index contributed by atoms with van der Waals surface area (Å²) in [5, 5.41) is 0. The van der Waals surface area contributed by atoms with Crippen LogP contribution in [0.2, 0.25) is 0 Å². The van der Waals surface area contributed by atoms with Gasteiger partial charge in [0.2, 0.25) is 0 Å². The zero-order valence-electron chi connectivity index (χ0n) is 12.6. The molecule has 0 spiro atoms. The maximum atomic E-state index is 12.4. The molecule has 2 nitrogen and oxygen atoms in total. The summed E-state index contributed by atoms with van der Waals surface area (Å²) < 4.78 is 0.920. The van der Waals surface area contributed by atoms with Crippen LogP contribution in [0.5, 0.6) is 0 Å². The second-order valence-electron chi connectivity index (χ2n) is 6.44. The van der Waals surface area contributed by atoms with Crippen molar-refractivity contribution in [1.29, 1.82) is 0 Å². The SMILES string of the molecule is O=C(CCN1CCCC1C1CCCC1)c1ccccc1Br. The maximum Gasteiger partial charge on any atom is 0.165 e. The maximum absolute atomic E-state index is 12.4. The molecule has 2 fully saturated rings. The lowest BCUT2D eigenvalue weighted by Crippen LogP contribution is -2.36. The molecule has 1 aliphatic carbocycles. The van der Waals surface area contributed by atoms with E-state index in [4.69, 9.17) is 0 Å². The Labute approximate surface area is 136 Å². The Kier molecular flexibility index (Phi) is 5.12. The van der Waals surface area contributed by atoms with Crippen LogP contribution in [0.3, 0.4) is 0 Å². The number of halogens is 1. The fourth-order valence-corrected chi connectivity index (χ4v) is 4.58. The summed E-state index contributed by atoms with van der Waals surface area (Å²) in [6.45, 7) is 2.12. The third-order valence-corrected chi connectivity index (χ3v) is 5.85. The minimum absolute atomic E-state index is 0.263. The first-order valence-corrected chi connectivity index (χ1v) is 9.07. The Morgan fingerprint density at radius 3 is 2.67 bits per heavy atom. The molecule has 3 heteroatoms. The van der Waals surface area contributed by atoms with E-state index in [1.54, 1.807) is 0 Å². The van der Waals surface area contributed by atoms with Crippen LogP contribution in [0.4, 0.5) is 0 Å². The third-order valence-electron chi connectivity index (χ3n) is 5.16. The van der Waals surface area contributed by atoms with Crippen LogP contribution in [0, 0.1) is 5.92 Å². The van der Waals surface area contributed by atoms with Crippen molar-refractivity contribution in [2.24, 2.45) is 5.92 Å². The number of hydrogen-bond acceptors (Lipinski definition) is 2. The standard InChI is InChI=1S/C18H24BrNO/c19-16-9-4-3-8-15(16)18(21)11-13-20-12-5-10-17(20)14-6-1-2-7-14/h3-4,8-9,14,17H,1-2,5-7,10-13H2. The van der Waals surface area contributed by atoms with E-state index in [2.05, 4.69) is 20.8 Å². The highest BCUT2D eigenvalue weighted by Crippen LogP contribution is 2.35. The normalized spacial score (nSPS) is 23.8. The molecule has 1 saturated carbocycles. The average Bonchev–Trinajstić information content (AvgIpc) is 3.16. The van der Waals surface area contributed by atoms with Gasteiger partial charge in [-0.2, -0.15) is 0 Å². The monoisotopic (exact) mass is 349 g/mol. The first-order valence-electron chi connectivity index (χ1n) is 8.27. The Balaban J connectivity index is 1.56. The number of benzene rings is 1. The lowest BCUT2D eigenvalue weighted by Gasteiger charge is -2.29. The fraction of sp³-hybridized carbons (Fsp3) is 0.611. The van der Waals surface area contributed by atoms with E-state index in [0.717, 1.165) is 28.5 Å². The minimum atomic E-state index is 0.263. The molecule has 2 aliphatic rings. The molecular weight excluding hydrogens is 326 g/mol. The van der Waals surface area contributed by atoms with Crippen molar-refractivity contribution < 1.29 is 4.79 Å². The Morgan fingerprint density at radius 1 is 1.14 bits per heavy atom. The number of rotatable bonds is 5. The van der Waals surface area contributed by atoms with Gasteiger partial charge in [-0.25, -0.2) is 0 Å². The van der Waals surface area contributed by atoms with Gasteiger partial charge in [0.25, 0.3) is 0 Å². The third kappa shape index (κ3) is 3.57. The van der Waals surface area contributed by atoms with Crippen molar-refractivity contribution in [2.45, 2.75) is 51.0 Å². The second-order valence-corrected chi connectivity index (χ2v) is 7.30. The predicted octanol–water partition coefficient (Wildman–Crippen LogP) is 4.68. The Bertz CT molecular complexity index is 496. The predicted molar refractivity (Wildman–Crippen MR) is 89.6 cm³/mol. The van der Waals surface area contributed by atoms with Crippen LogP contribution >= 0.6 is 15.9 Å². The van der Waals surface area contributed by atoms with Gasteiger partial charge in [0.1, 0.15) is 0 Å². The summed E-state index contributed by atoms with van der Waals surface area (Å²) in [5.41, 5.74) is 0.828. The van der Waals surface area contributed by atoms with E-state index >= 15 is 0 Å². The number of carbonyl (C=O) groups is 1. The second kappa shape index (κ2) is 7.06.